The fraction of sp³-hybridized carbons (Fsp3) is 0. The molecule has 0 N–H and O–H groups in total. The van der Waals surface area contributed by atoms with E-state index < -0.39 is 0 Å². The number of fused-ring (bicyclic) bond motifs is 7. The molecule has 0 bridgehead atoms. The van der Waals surface area contributed by atoms with Crippen molar-refractivity contribution in [2.24, 2.45) is 0 Å². The summed E-state index contributed by atoms with van der Waals surface area (Å²) in [7, 11) is 0. The largest absolute Gasteiger partial charge is 0.310 e. The average molecular weight is 648 g/mol. The van der Waals surface area contributed by atoms with E-state index >= 15 is 0 Å². The van der Waals surface area contributed by atoms with Gasteiger partial charge in [0.1, 0.15) is 0 Å². The quantitative estimate of drug-likeness (QED) is 0.168. The predicted molar refractivity (Wildman–Crippen MR) is 220 cm³/mol. The molecule has 10 aromatic carbocycles. The van der Waals surface area contributed by atoms with E-state index in [1.54, 1.807) is 0 Å². The molecule has 51 heavy (non-hydrogen) atoms. The van der Waals surface area contributed by atoms with Crippen LogP contribution >= 0.6 is 0 Å². The lowest BCUT2D eigenvalue weighted by Gasteiger charge is -2.27. The van der Waals surface area contributed by atoms with Gasteiger partial charge in [0.25, 0.3) is 0 Å². The Balaban J connectivity index is 1.06. The zero-order valence-corrected chi connectivity index (χ0v) is 28.0. The van der Waals surface area contributed by atoms with Crippen molar-refractivity contribution in [3.63, 3.8) is 0 Å². The molecule has 10 aromatic rings. The lowest BCUT2D eigenvalue weighted by atomic mass is 9.96. The van der Waals surface area contributed by atoms with Crippen LogP contribution in [-0.4, -0.2) is 0 Å². The number of rotatable bonds is 5. The van der Waals surface area contributed by atoms with Crippen molar-refractivity contribution in [2.75, 3.05) is 4.90 Å². The van der Waals surface area contributed by atoms with Gasteiger partial charge in [-0.25, -0.2) is 0 Å². The van der Waals surface area contributed by atoms with Crippen molar-refractivity contribution >= 4 is 70.9 Å². The number of benzene rings is 10. The van der Waals surface area contributed by atoms with Gasteiger partial charge in [-0.3, -0.25) is 0 Å². The van der Waals surface area contributed by atoms with Gasteiger partial charge in [0, 0.05) is 16.8 Å². The van der Waals surface area contributed by atoms with Crippen LogP contribution in [0.5, 0.6) is 0 Å². The molecule has 0 fully saturated rings. The lowest BCUT2D eigenvalue weighted by molar-refractivity contribution is 1.30. The summed E-state index contributed by atoms with van der Waals surface area (Å²) < 4.78 is 0. The van der Waals surface area contributed by atoms with Crippen LogP contribution in [-0.2, 0) is 0 Å². The fourth-order valence-corrected chi connectivity index (χ4v) is 7.80. The Morgan fingerprint density at radius 1 is 0.235 bits per heavy atom. The van der Waals surface area contributed by atoms with Crippen molar-refractivity contribution in [2.45, 2.75) is 0 Å². The van der Waals surface area contributed by atoms with Crippen LogP contribution in [0.2, 0.25) is 0 Å². The van der Waals surface area contributed by atoms with E-state index in [9.17, 15) is 0 Å². The highest BCUT2D eigenvalue weighted by atomic mass is 15.1. The Hall–Kier alpha value is -6.70. The van der Waals surface area contributed by atoms with E-state index in [1.807, 2.05) is 0 Å². The molecule has 0 radical (unpaired) electrons. The summed E-state index contributed by atoms with van der Waals surface area (Å²) >= 11 is 0. The smallest absolute Gasteiger partial charge is 0.0540 e. The third-order valence-electron chi connectivity index (χ3n) is 10.4. The molecule has 0 amide bonds. The van der Waals surface area contributed by atoms with Crippen LogP contribution in [0.4, 0.5) is 17.1 Å². The van der Waals surface area contributed by atoms with Crippen molar-refractivity contribution < 1.29 is 0 Å². The molecule has 0 saturated carbocycles. The Morgan fingerprint density at radius 2 is 0.588 bits per heavy atom. The highest BCUT2D eigenvalue weighted by molar-refractivity contribution is 6.10. The summed E-state index contributed by atoms with van der Waals surface area (Å²) in [5.41, 5.74) is 8.22. The van der Waals surface area contributed by atoms with Crippen molar-refractivity contribution in [3.8, 4) is 22.3 Å². The first kappa shape index (κ1) is 29.2. The van der Waals surface area contributed by atoms with Crippen LogP contribution in [0.15, 0.2) is 200 Å². The van der Waals surface area contributed by atoms with Crippen LogP contribution in [0, 0.1) is 0 Å². The fourth-order valence-electron chi connectivity index (χ4n) is 7.80. The Kier molecular flexibility index (Phi) is 6.89. The van der Waals surface area contributed by atoms with Gasteiger partial charge in [-0.05, 0) is 113 Å². The second-order valence-corrected chi connectivity index (χ2v) is 13.4. The van der Waals surface area contributed by atoms with E-state index in [2.05, 4.69) is 205 Å². The molecule has 238 valence electrons. The average Bonchev–Trinajstić information content (AvgIpc) is 3.21. The van der Waals surface area contributed by atoms with Gasteiger partial charge in [0.05, 0.1) is 5.69 Å². The van der Waals surface area contributed by atoms with Gasteiger partial charge in [0.2, 0.25) is 0 Å². The Labute approximate surface area is 297 Å². The van der Waals surface area contributed by atoms with Crippen LogP contribution in [0.25, 0.3) is 76.1 Å². The number of nitrogens with zero attached hydrogens (tertiary/aromatic N) is 1. The summed E-state index contributed by atoms with van der Waals surface area (Å²) in [4.78, 5) is 2.39. The maximum absolute atomic E-state index is 2.39. The molecule has 10 rings (SSSR count). The summed E-state index contributed by atoms with van der Waals surface area (Å²) in [6.07, 6.45) is 0. The van der Waals surface area contributed by atoms with Crippen molar-refractivity contribution in [3.05, 3.63) is 200 Å². The van der Waals surface area contributed by atoms with E-state index in [4.69, 9.17) is 0 Å². The molecule has 0 aliphatic heterocycles. The lowest BCUT2D eigenvalue weighted by Crippen LogP contribution is -2.10. The molecule has 0 heterocycles. The Morgan fingerprint density at radius 3 is 1.08 bits per heavy atom. The summed E-state index contributed by atoms with van der Waals surface area (Å²) in [5.74, 6) is 0. The second kappa shape index (κ2) is 12.0. The monoisotopic (exact) mass is 647 g/mol. The third kappa shape index (κ3) is 5.10. The maximum atomic E-state index is 2.39. The molecule has 0 aliphatic carbocycles. The minimum absolute atomic E-state index is 1.12. The van der Waals surface area contributed by atoms with Gasteiger partial charge in [-0.1, -0.05) is 158 Å². The summed E-state index contributed by atoms with van der Waals surface area (Å²) in [5, 5.41) is 12.6. The molecule has 1 heteroatoms. The van der Waals surface area contributed by atoms with E-state index in [-0.39, 0.29) is 0 Å². The van der Waals surface area contributed by atoms with E-state index in [1.165, 1.54) is 76.1 Å². The van der Waals surface area contributed by atoms with Gasteiger partial charge >= 0.3 is 0 Å². The highest BCUT2D eigenvalue weighted by Crippen LogP contribution is 2.41. The molecule has 0 aliphatic rings. The second-order valence-electron chi connectivity index (χ2n) is 13.4. The summed E-state index contributed by atoms with van der Waals surface area (Å²) in [6, 6.07) is 73.1. The van der Waals surface area contributed by atoms with Gasteiger partial charge in [-0.2, -0.15) is 0 Å². The van der Waals surface area contributed by atoms with Gasteiger partial charge < -0.3 is 4.90 Å². The molecule has 0 saturated heterocycles. The minimum Gasteiger partial charge on any atom is -0.310 e. The van der Waals surface area contributed by atoms with E-state index in [0.717, 1.165) is 17.1 Å². The molecule has 0 aromatic heterocycles. The standard InChI is InChI=1S/C50H33N/c1-4-12-45-37(9-1)16-18-39-20-22-41(32-48(39)45)34-24-28-43(29-25-34)51(50-15-7-11-36-8-3-6-14-47(36)50)44-30-26-35(27-31-44)42-23-21-40-19-17-38-10-2-5-13-46(38)49(40)33-42/h1-33H. The molecule has 1 nitrogen and oxygen atoms in total. The minimum atomic E-state index is 1.12. The van der Waals surface area contributed by atoms with Crippen LogP contribution in [0.3, 0.4) is 0 Å². The highest BCUT2D eigenvalue weighted by Gasteiger charge is 2.16. The van der Waals surface area contributed by atoms with Gasteiger partial charge in [-0.15, -0.1) is 0 Å². The topological polar surface area (TPSA) is 3.24 Å². The van der Waals surface area contributed by atoms with E-state index in [0.29, 0.717) is 0 Å². The number of anilines is 3. The zero-order chi connectivity index (χ0) is 33.7. The van der Waals surface area contributed by atoms with Crippen LogP contribution in [0.1, 0.15) is 0 Å². The van der Waals surface area contributed by atoms with Crippen molar-refractivity contribution in [1.82, 2.24) is 0 Å². The van der Waals surface area contributed by atoms with Crippen LogP contribution < -0.4 is 4.90 Å². The summed E-state index contributed by atoms with van der Waals surface area (Å²) in [6.45, 7) is 0. The normalized spacial score (nSPS) is 11.5. The molecular formula is C50H33N. The first-order valence-corrected chi connectivity index (χ1v) is 17.6. The maximum Gasteiger partial charge on any atom is 0.0540 e. The first-order chi connectivity index (χ1) is 25.3. The molecule has 0 unspecified atom stereocenters. The molecule has 0 atom stereocenters. The van der Waals surface area contributed by atoms with Gasteiger partial charge in [0.15, 0.2) is 0 Å². The zero-order valence-electron chi connectivity index (χ0n) is 28.0. The Bertz CT molecular complexity index is 2730. The first-order valence-electron chi connectivity index (χ1n) is 17.6. The number of hydrogen-bond acceptors (Lipinski definition) is 1. The van der Waals surface area contributed by atoms with Crippen molar-refractivity contribution in [1.29, 1.82) is 0 Å². The number of hydrogen-bond donors (Lipinski definition) is 0. The molecule has 0 spiro atoms. The predicted octanol–water partition coefficient (Wildman–Crippen LogP) is 14.3. The third-order valence-corrected chi connectivity index (χ3v) is 10.4. The SMILES string of the molecule is c1ccc2c(N(c3ccc(-c4ccc5ccc6ccccc6c5c4)cc3)c3ccc(-c4ccc5ccc6ccccc6c5c4)cc3)cccc2c1. The molecular weight excluding hydrogens is 615 g/mol.